The van der Waals surface area contributed by atoms with Gasteiger partial charge in [0.15, 0.2) is 0 Å². The molecule has 1 aromatic carbocycles. The number of hydrogen-bond acceptors (Lipinski definition) is 4. The monoisotopic (exact) mass is 327 g/mol. The van der Waals surface area contributed by atoms with Crippen LogP contribution in [0.15, 0.2) is 43.0 Å². The SMILES string of the molecule is CN(Cc1ccccc1)C(=O)CN1CCC[C@H](Cn2cncn2)C1. The summed E-state index contributed by atoms with van der Waals surface area (Å²) in [7, 11) is 1.88. The zero-order chi connectivity index (χ0) is 16.8. The Hall–Kier alpha value is -2.21. The van der Waals surface area contributed by atoms with E-state index in [0.29, 0.717) is 19.0 Å². The molecule has 6 heteroatoms. The second kappa shape index (κ2) is 8.06. The van der Waals surface area contributed by atoms with Crippen molar-refractivity contribution < 1.29 is 4.79 Å². The molecule has 1 fully saturated rings. The molecule has 0 N–H and O–H groups in total. The molecule has 24 heavy (non-hydrogen) atoms. The molecule has 0 unspecified atom stereocenters. The molecule has 1 saturated heterocycles. The highest BCUT2D eigenvalue weighted by atomic mass is 16.2. The predicted octanol–water partition coefficient (Wildman–Crippen LogP) is 1.65. The van der Waals surface area contributed by atoms with E-state index in [4.69, 9.17) is 0 Å². The van der Waals surface area contributed by atoms with Crippen molar-refractivity contribution in [2.75, 3.05) is 26.7 Å². The van der Waals surface area contributed by atoms with Gasteiger partial charge in [0, 0.05) is 26.7 Å². The van der Waals surface area contributed by atoms with E-state index in [-0.39, 0.29) is 5.91 Å². The maximum Gasteiger partial charge on any atom is 0.236 e. The van der Waals surface area contributed by atoms with Gasteiger partial charge in [0.2, 0.25) is 5.91 Å². The first-order chi connectivity index (χ1) is 11.7. The Morgan fingerprint density at radius 3 is 2.92 bits per heavy atom. The minimum Gasteiger partial charge on any atom is -0.340 e. The largest absolute Gasteiger partial charge is 0.340 e. The van der Waals surface area contributed by atoms with Crippen molar-refractivity contribution in [2.24, 2.45) is 5.92 Å². The van der Waals surface area contributed by atoms with Gasteiger partial charge < -0.3 is 4.90 Å². The summed E-state index contributed by atoms with van der Waals surface area (Å²) in [5.41, 5.74) is 1.16. The zero-order valence-corrected chi connectivity index (χ0v) is 14.2. The minimum absolute atomic E-state index is 0.181. The van der Waals surface area contributed by atoms with Gasteiger partial charge in [-0.15, -0.1) is 0 Å². The fraction of sp³-hybridized carbons (Fsp3) is 0.500. The second-order valence-corrected chi connectivity index (χ2v) is 6.60. The number of hydrogen-bond donors (Lipinski definition) is 0. The summed E-state index contributed by atoms with van der Waals surface area (Å²) in [6.07, 6.45) is 5.65. The van der Waals surface area contributed by atoms with Crippen LogP contribution in [0.5, 0.6) is 0 Å². The van der Waals surface area contributed by atoms with Crippen LogP contribution in [0.4, 0.5) is 0 Å². The number of amides is 1. The van der Waals surface area contributed by atoms with E-state index in [0.717, 1.165) is 31.6 Å². The summed E-state index contributed by atoms with van der Waals surface area (Å²) in [6.45, 7) is 3.99. The normalized spacial score (nSPS) is 18.5. The van der Waals surface area contributed by atoms with Gasteiger partial charge >= 0.3 is 0 Å². The molecular weight excluding hydrogens is 302 g/mol. The molecule has 0 radical (unpaired) electrons. The predicted molar refractivity (Wildman–Crippen MR) is 92.1 cm³/mol. The van der Waals surface area contributed by atoms with E-state index in [1.807, 2.05) is 34.8 Å². The Morgan fingerprint density at radius 2 is 2.17 bits per heavy atom. The smallest absolute Gasteiger partial charge is 0.236 e. The maximum absolute atomic E-state index is 12.5. The number of likely N-dealkylation sites (N-methyl/N-ethyl adjacent to an activating group) is 1. The third kappa shape index (κ3) is 4.64. The van der Waals surface area contributed by atoms with Crippen molar-refractivity contribution in [3.8, 4) is 0 Å². The summed E-state index contributed by atoms with van der Waals surface area (Å²) in [4.78, 5) is 20.6. The first kappa shape index (κ1) is 16.6. The van der Waals surface area contributed by atoms with Crippen molar-refractivity contribution in [3.05, 3.63) is 48.5 Å². The molecule has 1 atom stereocenters. The third-order valence-electron chi connectivity index (χ3n) is 4.56. The van der Waals surface area contributed by atoms with Crippen LogP contribution in [0.3, 0.4) is 0 Å². The molecule has 0 bridgehead atoms. The van der Waals surface area contributed by atoms with Crippen molar-refractivity contribution in [2.45, 2.75) is 25.9 Å². The van der Waals surface area contributed by atoms with Crippen molar-refractivity contribution in [3.63, 3.8) is 0 Å². The molecular formula is C18H25N5O. The van der Waals surface area contributed by atoms with Gasteiger partial charge in [-0.3, -0.25) is 14.4 Å². The van der Waals surface area contributed by atoms with E-state index in [1.54, 1.807) is 12.7 Å². The molecule has 1 aliphatic rings. The van der Waals surface area contributed by atoms with Crippen LogP contribution in [0.2, 0.25) is 0 Å². The average molecular weight is 327 g/mol. The van der Waals surface area contributed by atoms with Crippen molar-refractivity contribution in [1.82, 2.24) is 24.6 Å². The number of likely N-dealkylation sites (tertiary alicyclic amines) is 1. The first-order valence-corrected chi connectivity index (χ1v) is 8.53. The highest BCUT2D eigenvalue weighted by Crippen LogP contribution is 2.18. The number of rotatable bonds is 6. The van der Waals surface area contributed by atoms with Gasteiger partial charge in [0.1, 0.15) is 12.7 Å². The third-order valence-corrected chi connectivity index (χ3v) is 4.56. The molecule has 2 heterocycles. The van der Waals surface area contributed by atoms with Crippen molar-refractivity contribution >= 4 is 5.91 Å². The van der Waals surface area contributed by atoms with Gasteiger partial charge in [-0.1, -0.05) is 30.3 Å². The molecule has 1 amide bonds. The highest BCUT2D eigenvalue weighted by molar-refractivity contribution is 5.78. The van der Waals surface area contributed by atoms with Crippen LogP contribution in [0.25, 0.3) is 0 Å². The lowest BCUT2D eigenvalue weighted by Gasteiger charge is -2.33. The van der Waals surface area contributed by atoms with Crippen LogP contribution in [-0.2, 0) is 17.9 Å². The number of nitrogens with zero attached hydrogens (tertiary/aromatic N) is 5. The average Bonchev–Trinajstić information content (AvgIpc) is 3.09. The number of carbonyl (C=O) groups is 1. The Kier molecular flexibility index (Phi) is 5.59. The number of piperidine rings is 1. The number of benzene rings is 1. The topological polar surface area (TPSA) is 54.3 Å². The summed E-state index contributed by atoms with van der Waals surface area (Å²) in [5, 5.41) is 4.18. The van der Waals surface area contributed by atoms with Gasteiger partial charge in [-0.2, -0.15) is 5.10 Å². The van der Waals surface area contributed by atoms with E-state index < -0.39 is 0 Å². The van der Waals surface area contributed by atoms with Gasteiger partial charge in [-0.25, -0.2) is 4.98 Å². The van der Waals surface area contributed by atoms with Crippen LogP contribution in [0.1, 0.15) is 18.4 Å². The molecule has 3 rings (SSSR count). The van der Waals surface area contributed by atoms with E-state index >= 15 is 0 Å². The van der Waals surface area contributed by atoms with Gasteiger partial charge in [0.25, 0.3) is 0 Å². The van der Waals surface area contributed by atoms with Gasteiger partial charge in [-0.05, 0) is 30.9 Å². The Bertz CT molecular complexity index is 628. The fourth-order valence-electron chi connectivity index (χ4n) is 3.29. The molecule has 0 aliphatic carbocycles. The quantitative estimate of drug-likeness (QED) is 0.809. The summed E-state index contributed by atoms with van der Waals surface area (Å²) in [5.74, 6) is 0.716. The Labute approximate surface area is 143 Å². The molecule has 6 nitrogen and oxygen atoms in total. The number of carbonyl (C=O) groups excluding carboxylic acids is 1. The lowest BCUT2D eigenvalue weighted by atomic mass is 9.98. The number of aromatic nitrogens is 3. The van der Waals surface area contributed by atoms with Crippen LogP contribution >= 0.6 is 0 Å². The molecule has 1 aromatic heterocycles. The molecule has 0 spiro atoms. The molecule has 2 aromatic rings. The summed E-state index contributed by atoms with van der Waals surface area (Å²) < 4.78 is 1.89. The summed E-state index contributed by atoms with van der Waals surface area (Å²) >= 11 is 0. The van der Waals surface area contributed by atoms with Crippen molar-refractivity contribution in [1.29, 1.82) is 0 Å². The van der Waals surface area contributed by atoms with Crippen LogP contribution < -0.4 is 0 Å². The fourth-order valence-corrected chi connectivity index (χ4v) is 3.29. The maximum atomic E-state index is 12.5. The highest BCUT2D eigenvalue weighted by Gasteiger charge is 2.23. The molecule has 1 aliphatic heterocycles. The minimum atomic E-state index is 0.181. The molecule has 0 saturated carbocycles. The lowest BCUT2D eigenvalue weighted by Crippen LogP contribution is -2.43. The van der Waals surface area contributed by atoms with E-state index in [9.17, 15) is 4.79 Å². The zero-order valence-electron chi connectivity index (χ0n) is 14.2. The Morgan fingerprint density at radius 1 is 1.33 bits per heavy atom. The van der Waals surface area contributed by atoms with E-state index in [1.165, 1.54) is 6.42 Å². The second-order valence-electron chi connectivity index (χ2n) is 6.60. The Balaban J connectivity index is 1.48. The van der Waals surface area contributed by atoms with Gasteiger partial charge in [0.05, 0.1) is 6.54 Å². The standard InChI is InChI=1S/C18H25N5O/c1-21(10-16-6-3-2-4-7-16)18(24)13-22-9-5-8-17(11-22)12-23-15-19-14-20-23/h2-4,6-7,14-15,17H,5,8-13H2,1H3/t17-/m0/s1. The van der Waals surface area contributed by atoms with E-state index in [2.05, 4.69) is 27.1 Å². The lowest BCUT2D eigenvalue weighted by molar-refractivity contribution is -0.132. The summed E-state index contributed by atoms with van der Waals surface area (Å²) in [6, 6.07) is 10.1. The van der Waals surface area contributed by atoms with Crippen LogP contribution in [0, 0.1) is 5.92 Å². The van der Waals surface area contributed by atoms with Crippen LogP contribution in [-0.4, -0.2) is 57.2 Å². The molecule has 128 valence electrons. The first-order valence-electron chi connectivity index (χ1n) is 8.53.